The van der Waals surface area contributed by atoms with Gasteiger partial charge in [-0.3, -0.25) is 4.79 Å². The van der Waals surface area contributed by atoms with E-state index in [0.717, 1.165) is 12.8 Å². The molecule has 0 aliphatic rings. The van der Waals surface area contributed by atoms with Crippen LogP contribution in [0, 0.1) is 11.8 Å². The summed E-state index contributed by atoms with van der Waals surface area (Å²) < 4.78 is 0. The van der Waals surface area contributed by atoms with Gasteiger partial charge in [0, 0.05) is 19.3 Å². The standard InChI is InChI=1S/C14H16O/c1-13(15)9-5-2-3-6-10-14-11-7-4-8-12-14/h4,7-8,11-12H,5-6,9-10H2,1H3. The largest absolute Gasteiger partial charge is 0.300 e. The zero-order chi connectivity index (χ0) is 10.9. The van der Waals surface area contributed by atoms with E-state index in [1.807, 2.05) is 18.2 Å². The first-order valence-electron chi connectivity index (χ1n) is 5.28. The second kappa shape index (κ2) is 6.84. The number of Topliss-reactive ketones (excluding diaryl/α,β-unsaturated/α-hetero) is 1. The highest BCUT2D eigenvalue weighted by atomic mass is 16.1. The van der Waals surface area contributed by atoms with Crippen molar-refractivity contribution in [2.45, 2.75) is 32.6 Å². The van der Waals surface area contributed by atoms with E-state index in [0.29, 0.717) is 12.8 Å². The molecule has 0 bridgehead atoms. The fourth-order valence-corrected chi connectivity index (χ4v) is 1.27. The predicted molar refractivity (Wildman–Crippen MR) is 62.5 cm³/mol. The topological polar surface area (TPSA) is 17.1 Å². The van der Waals surface area contributed by atoms with E-state index in [2.05, 4.69) is 24.0 Å². The lowest BCUT2D eigenvalue weighted by Crippen LogP contribution is -1.86. The molecule has 0 spiro atoms. The average Bonchev–Trinajstić information content (AvgIpc) is 2.24. The Hall–Kier alpha value is -1.55. The van der Waals surface area contributed by atoms with Gasteiger partial charge in [0.05, 0.1) is 0 Å². The van der Waals surface area contributed by atoms with Gasteiger partial charge in [0.25, 0.3) is 0 Å². The second-order valence-electron chi connectivity index (χ2n) is 3.54. The van der Waals surface area contributed by atoms with Crippen molar-refractivity contribution in [3.63, 3.8) is 0 Å². The van der Waals surface area contributed by atoms with Crippen molar-refractivity contribution in [3.8, 4) is 11.8 Å². The Morgan fingerprint density at radius 3 is 2.47 bits per heavy atom. The van der Waals surface area contributed by atoms with Crippen LogP contribution in [0.5, 0.6) is 0 Å². The van der Waals surface area contributed by atoms with Crippen molar-refractivity contribution in [1.82, 2.24) is 0 Å². The summed E-state index contributed by atoms with van der Waals surface area (Å²) >= 11 is 0. The highest BCUT2D eigenvalue weighted by Crippen LogP contribution is 2.01. The number of hydrogen-bond donors (Lipinski definition) is 0. The number of benzene rings is 1. The van der Waals surface area contributed by atoms with E-state index in [9.17, 15) is 4.79 Å². The molecule has 1 aromatic rings. The molecular weight excluding hydrogens is 184 g/mol. The van der Waals surface area contributed by atoms with Gasteiger partial charge in [0.1, 0.15) is 5.78 Å². The molecule has 0 saturated carbocycles. The molecule has 0 atom stereocenters. The molecule has 1 aromatic carbocycles. The first-order valence-corrected chi connectivity index (χ1v) is 5.28. The van der Waals surface area contributed by atoms with Gasteiger partial charge >= 0.3 is 0 Å². The Labute approximate surface area is 91.5 Å². The summed E-state index contributed by atoms with van der Waals surface area (Å²) in [6.45, 7) is 1.60. The molecule has 1 heteroatoms. The lowest BCUT2D eigenvalue weighted by molar-refractivity contribution is -0.116. The minimum atomic E-state index is 0.215. The van der Waals surface area contributed by atoms with Crippen molar-refractivity contribution >= 4 is 5.78 Å². The van der Waals surface area contributed by atoms with Crippen LogP contribution in [0.4, 0.5) is 0 Å². The molecular formula is C14H16O. The van der Waals surface area contributed by atoms with Crippen LogP contribution in [0.1, 0.15) is 31.7 Å². The molecule has 0 fully saturated rings. The molecule has 0 heterocycles. The number of rotatable bonds is 4. The van der Waals surface area contributed by atoms with Gasteiger partial charge < -0.3 is 0 Å². The van der Waals surface area contributed by atoms with Crippen LogP contribution in [-0.2, 0) is 11.2 Å². The highest BCUT2D eigenvalue weighted by molar-refractivity contribution is 5.75. The van der Waals surface area contributed by atoms with Crippen LogP contribution in [0.3, 0.4) is 0 Å². The molecule has 0 amide bonds. The molecule has 1 rings (SSSR count). The zero-order valence-electron chi connectivity index (χ0n) is 9.12. The van der Waals surface area contributed by atoms with Gasteiger partial charge in [-0.2, -0.15) is 0 Å². The first-order chi connectivity index (χ1) is 7.29. The fourth-order valence-electron chi connectivity index (χ4n) is 1.27. The van der Waals surface area contributed by atoms with E-state index in [-0.39, 0.29) is 5.78 Å². The maximum Gasteiger partial charge on any atom is 0.130 e. The van der Waals surface area contributed by atoms with E-state index >= 15 is 0 Å². The Kier molecular flexibility index (Phi) is 5.25. The van der Waals surface area contributed by atoms with E-state index in [1.54, 1.807) is 6.92 Å². The number of ketones is 1. The average molecular weight is 200 g/mol. The Bertz CT molecular complexity index is 354. The summed E-state index contributed by atoms with van der Waals surface area (Å²) in [6, 6.07) is 10.3. The van der Waals surface area contributed by atoms with Gasteiger partial charge in [-0.25, -0.2) is 0 Å². The van der Waals surface area contributed by atoms with Gasteiger partial charge in [-0.05, 0) is 18.9 Å². The lowest BCUT2D eigenvalue weighted by Gasteiger charge is -1.94. The van der Waals surface area contributed by atoms with E-state index in [1.165, 1.54) is 5.56 Å². The summed E-state index contributed by atoms with van der Waals surface area (Å²) in [6.07, 6.45) is 3.15. The van der Waals surface area contributed by atoms with Crippen molar-refractivity contribution in [2.75, 3.05) is 0 Å². The van der Waals surface area contributed by atoms with Crippen LogP contribution in [0.2, 0.25) is 0 Å². The summed E-state index contributed by atoms with van der Waals surface area (Å²) in [5, 5.41) is 0. The SMILES string of the molecule is CC(=O)CCC#CCCc1ccccc1. The number of carbonyl (C=O) groups is 1. The first kappa shape index (κ1) is 11.5. The highest BCUT2D eigenvalue weighted by Gasteiger charge is 1.89. The molecule has 0 aliphatic carbocycles. The summed E-state index contributed by atoms with van der Waals surface area (Å²) in [7, 11) is 0. The normalized spacial score (nSPS) is 9.13. The van der Waals surface area contributed by atoms with Gasteiger partial charge in [-0.1, -0.05) is 30.3 Å². The molecule has 0 aliphatic heterocycles. The monoisotopic (exact) mass is 200 g/mol. The van der Waals surface area contributed by atoms with E-state index < -0.39 is 0 Å². The van der Waals surface area contributed by atoms with Crippen LogP contribution in [-0.4, -0.2) is 5.78 Å². The van der Waals surface area contributed by atoms with Crippen LogP contribution >= 0.6 is 0 Å². The van der Waals surface area contributed by atoms with Gasteiger partial charge in [0.15, 0.2) is 0 Å². The Balaban J connectivity index is 2.19. The maximum absolute atomic E-state index is 10.6. The Morgan fingerprint density at radius 1 is 1.13 bits per heavy atom. The smallest absolute Gasteiger partial charge is 0.130 e. The number of carbonyl (C=O) groups excluding carboxylic acids is 1. The lowest BCUT2D eigenvalue weighted by atomic mass is 10.1. The third-order valence-electron chi connectivity index (χ3n) is 2.11. The fraction of sp³-hybridized carbons (Fsp3) is 0.357. The quantitative estimate of drug-likeness (QED) is 0.683. The predicted octanol–water partition coefficient (Wildman–Crippen LogP) is 2.99. The summed E-state index contributed by atoms with van der Waals surface area (Å²) in [5.74, 6) is 6.32. The minimum Gasteiger partial charge on any atom is -0.300 e. The van der Waals surface area contributed by atoms with Crippen molar-refractivity contribution in [1.29, 1.82) is 0 Å². The third kappa shape index (κ3) is 5.70. The molecule has 1 nitrogen and oxygen atoms in total. The molecule has 15 heavy (non-hydrogen) atoms. The molecule has 0 aromatic heterocycles. The third-order valence-corrected chi connectivity index (χ3v) is 2.11. The summed E-state index contributed by atoms with van der Waals surface area (Å²) in [4.78, 5) is 10.6. The van der Waals surface area contributed by atoms with Crippen molar-refractivity contribution in [3.05, 3.63) is 35.9 Å². The number of hydrogen-bond acceptors (Lipinski definition) is 1. The molecule has 0 unspecified atom stereocenters. The van der Waals surface area contributed by atoms with Crippen LogP contribution < -0.4 is 0 Å². The molecule has 0 radical (unpaired) electrons. The van der Waals surface area contributed by atoms with E-state index in [4.69, 9.17) is 0 Å². The van der Waals surface area contributed by atoms with Crippen molar-refractivity contribution in [2.24, 2.45) is 0 Å². The van der Waals surface area contributed by atoms with Crippen LogP contribution in [0.25, 0.3) is 0 Å². The van der Waals surface area contributed by atoms with Crippen molar-refractivity contribution < 1.29 is 4.79 Å². The second-order valence-corrected chi connectivity index (χ2v) is 3.54. The maximum atomic E-state index is 10.6. The molecule has 78 valence electrons. The molecule has 0 saturated heterocycles. The van der Waals surface area contributed by atoms with Gasteiger partial charge in [-0.15, -0.1) is 11.8 Å². The molecule has 0 N–H and O–H groups in total. The summed E-state index contributed by atoms with van der Waals surface area (Å²) in [5.41, 5.74) is 1.32. The zero-order valence-corrected chi connectivity index (χ0v) is 9.12. The number of aryl methyl sites for hydroxylation is 1. The minimum absolute atomic E-state index is 0.215. The van der Waals surface area contributed by atoms with Gasteiger partial charge in [0.2, 0.25) is 0 Å². The van der Waals surface area contributed by atoms with Crippen LogP contribution in [0.15, 0.2) is 30.3 Å². The Morgan fingerprint density at radius 2 is 1.80 bits per heavy atom.